The Morgan fingerprint density at radius 3 is 2.69 bits per heavy atom. The zero-order valence-electron chi connectivity index (χ0n) is 19.3. The van der Waals surface area contributed by atoms with Gasteiger partial charge in [-0.3, -0.25) is 0 Å². The van der Waals surface area contributed by atoms with E-state index in [1.54, 1.807) is 0 Å². The monoisotopic (exact) mass is 448 g/mol. The van der Waals surface area contributed by atoms with Crippen molar-refractivity contribution in [2.45, 2.75) is 58.4 Å². The summed E-state index contributed by atoms with van der Waals surface area (Å²) in [6, 6.07) is 13.0. The molecule has 0 aliphatic carbocycles. The minimum absolute atomic E-state index is 0.108. The molecule has 2 N–H and O–H groups in total. The maximum absolute atomic E-state index is 6.65. The molecule has 4 aromatic rings. The van der Waals surface area contributed by atoms with Crippen LogP contribution in [-0.2, 0) is 12.0 Å². The Balaban J connectivity index is 1.38. The topological polar surface area (TPSA) is 45.6 Å². The molecule has 3 heterocycles. The Hall–Kier alpha value is -2.30. The maximum Gasteiger partial charge on any atom is 0.138 e. The van der Waals surface area contributed by atoms with Crippen LogP contribution in [0.1, 0.15) is 52.0 Å². The molecule has 0 atom stereocenters. The second-order valence-electron chi connectivity index (χ2n) is 10.3. The van der Waals surface area contributed by atoms with Crippen molar-refractivity contribution in [3.05, 3.63) is 53.2 Å². The van der Waals surface area contributed by atoms with Crippen LogP contribution >= 0.6 is 11.6 Å². The molecule has 5 rings (SSSR count). The number of aryl methyl sites for hydroxylation is 1. The van der Waals surface area contributed by atoms with Gasteiger partial charge in [0.25, 0.3) is 0 Å². The van der Waals surface area contributed by atoms with E-state index in [1.807, 2.05) is 0 Å². The first-order valence-corrected chi connectivity index (χ1v) is 12.3. The molecule has 0 radical (unpaired) electrons. The largest absolute Gasteiger partial charge is 0.346 e. The lowest BCUT2D eigenvalue weighted by molar-refractivity contribution is 0.341. The summed E-state index contributed by atoms with van der Waals surface area (Å²) >= 11 is 6.65. The van der Waals surface area contributed by atoms with Crippen molar-refractivity contribution in [2.75, 3.05) is 13.1 Å². The van der Waals surface area contributed by atoms with Crippen LogP contribution in [0, 0.1) is 5.92 Å². The fraction of sp³-hybridized carbons (Fsp3) is 0.444. The average Bonchev–Trinajstić information content (AvgIpc) is 3.34. The van der Waals surface area contributed by atoms with Gasteiger partial charge < -0.3 is 14.9 Å². The first kappa shape index (κ1) is 21.5. The minimum atomic E-state index is 0.108. The number of aromatic nitrogens is 3. The lowest BCUT2D eigenvalue weighted by Crippen LogP contribution is -2.27. The zero-order valence-corrected chi connectivity index (χ0v) is 20.1. The van der Waals surface area contributed by atoms with Gasteiger partial charge in [-0.2, -0.15) is 0 Å². The van der Waals surface area contributed by atoms with Crippen LogP contribution in [0.2, 0.25) is 5.02 Å². The van der Waals surface area contributed by atoms with E-state index in [9.17, 15) is 0 Å². The van der Waals surface area contributed by atoms with Crippen LogP contribution in [0.5, 0.6) is 0 Å². The number of imidazole rings is 1. The Bertz CT molecular complexity index is 1240. The summed E-state index contributed by atoms with van der Waals surface area (Å²) < 4.78 is 2.32. The highest BCUT2D eigenvalue weighted by Gasteiger charge is 2.17. The van der Waals surface area contributed by atoms with Gasteiger partial charge in [0, 0.05) is 29.2 Å². The molecular formula is C27H33ClN4. The Morgan fingerprint density at radius 2 is 1.91 bits per heavy atom. The van der Waals surface area contributed by atoms with Gasteiger partial charge >= 0.3 is 0 Å². The number of nitrogens with zero attached hydrogens (tertiary/aromatic N) is 2. The van der Waals surface area contributed by atoms with E-state index < -0.39 is 0 Å². The Labute approximate surface area is 195 Å². The van der Waals surface area contributed by atoms with E-state index in [2.05, 4.69) is 78.2 Å². The Morgan fingerprint density at radius 1 is 1.09 bits per heavy atom. The first-order chi connectivity index (χ1) is 15.4. The molecule has 2 aromatic heterocycles. The summed E-state index contributed by atoms with van der Waals surface area (Å²) in [7, 11) is 0. The molecule has 168 valence electrons. The number of H-pyrrole nitrogens is 1. The van der Waals surface area contributed by atoms with Crippen molar-refractivity contribution >= 4 is 33.5 Å². The van der Waals surface area contributed by atoms with Crippen LogP contribution in [0.4, 0.5) is 0 Å². The molecule has 0 unspecified atom stereocenters. The van der Waals surface area contributed by atoms with E-state index >= 15 is 0 Å². The van der Waals surface area contributed by atoms with Gasteiger partial charge in [0.05, 0.1) is 16.1 Å². The zero-order chi connectivity index (χ0) is 22.3. The number of rotatable bonds is 5. The first-order valence-electron chi connectivity index (χ1n) is 11.9. The maximum atomic E-state index is 6.65. The van der Waals surface area contributed by atoms with Crippen LogP contribution in [-0.4, -0.2) is 27.6 Å². The van der Waals surface area contributed by atoms with Gasteiger partial charge in [-0.1, -0.05) is 38.4 Å². The summed E-state index contributed by atoms with van der Waals surface area (Å²) in [5, 5.41) is 5.37. The normalized spacial score (nSPS) is 15.8. The number of hydrogen-bond donors (Lipinski definition) is 2. The number of hydrogen-bond acceptors (Lipinski definition) is 2. The molecule has 0 amide bonds. The highest BCUT2D eigenvalue weighted by Crippen LogP contribution is 2.32. The van der Waals surface area contributed by atoms with Crippen molar-refractivity contribution in [2.24, 2.45) is 5.92 Å². The van der Waals surface area contributed by atoms with Gasteiger partial charge in [0.2, 0.25) is 0 Å². The second-order valence-corrected chi connectivity index (χ2v) is 10.7. The Kier molecular flexibility index (Phi) is 5.77. The molecule has 1 aliphatic heterocycles. The van der Waals surface area contributed by atoms with E-state index in [1.165, 1.54) is 49.9 Å². The van der Waals surface area contributed by atoms with Crippen LogP contribution in [0.3, 0.4) is 0 Å². The molecule has 4 nitrogen and oxygen atoms in total. The van der Waals surface area contributed by atoms with Crippen molar-refractivity contribution in [1.29, 1.82) is 0 Å². The summed E-state index contributed by atoms with van der Waals surface area (Å²) in [6.45, 7) is 10.1. The van der Waals surface area contributed by atoms with Gasteiger partial charge in [-0.15, -0.1) is 0 Å². The van der Waals surface area contributed by atoms with Crippen LogP contribution in [0.25, 0.3) is 33.3 Å². The highest BCUT2D eigenvalue weighted by atomic mass is 35.5. The summed E-state index contributed by atoms with van der Waals surface area (Å²) in [6.07, 6.45) is 7.21. The third-order valence-electron chi connectivity index (χ3n) is 6.93. The lowest BCUT2D eigenvalue weighted by atomic mass is 9.87. The van der Waals surface area contributed by atoms with Gasteiger partial charge in [0.1, 0.15) is 5.82 Å². The standard InChI is InChI=1S/C27H33ClN4/c1-27(2,3)20-7-8-23-24(16-20)31-26(30-23)19-6-9-25-21(15-19)22(28)17-32(25)14-4-5-18-10-12-29-13-11-18/h6-9,15-18,29H,4-5,10-14H2,1-3H3,(H,30,31). The minimum Gasteiger partial charge on any atom is -0.346 e. The molecule has 2 aromatic carbocycles. The van der Waals surface area contributed by atoms with E-state index in [0.717, 1.165) is 45.3 Å². The van der Waals surface area contributed by atoms with E-state index in [0.29, 0.717) is 0 Å². The number of fused-ring (bicyclic) bond motifs is 2. The number of halogens is 1. The van der Waals surface area contributed by atoms with Crippen molar-refractivity contribution in [3.63, 3.8) is 0 Å². The highest BCUT2D eigenvalue weighted by molar-refractivity contribution is 6.35. The van der Waals surface area contributed by atoms with Crippen LogP contribution in [0.15, 0.2) is 42.6 Å². The summed E-state index contributed by atoms with van der Waals surface area (Å²) in [5.41, 5.74) is 5.75. The predicted octanol–water partition coefficient (Wildman–Crippen LogP) is 6.92. The third-order valence-corrected chi connectivity index (χ3v) is 7.23. The second kappa shape index (κ2) is 8.57. The molecule has 1 aliphatic rings. The molecule has 1 fully saturated rings. The van der Waals surface area contributed by atoms with Gasteiger partial charge in [0.15, 0.2) is 0 Å². The number of benzene rings is 2. The van der Waals surface area contributed by atoms with Crippen molar-refractivity contribution < 1.29 is 0 Å². The van der Waals surface area contributed by atoms with Gasteiger partial charge in [-0.25, -0.2) is 4.98 Å². The summed E-state index contributed by atoms with van der Waals surface area (Å²) in [5.74, 6) is 1.76. The number of nitrogens with one attached hydrogen (secondary N) is 2. The number of aromatic amines is 1. The SMILES string of the molecule is CC(C)(C)c1ccc2[nH]c(-c3ccc4c(c3)c(Cl)cn4CCCC3CCNCC3)nc2c1. The summed E-state index contributed by atoms with van der Waals surface area (Å²) in [4.78, 5) is 8.38. The molecule has 5 heteroatoms. The molecule has 0 spiro atoms. The predicted molar refractivity (Wildman–Crippen MR) is 136 cm³/mol. The smallest absolute Gasteiger partial charge is 0.138 e. The fourth-order valence-corrected chi connectivity index (χ4v) is 5.18. The van der Waals surface area contributed by atoms with Gasteiger partial charge in [-0.05, 0) is 86.0 Å². The molecule has 0 bridgehead atoms. The van der Waals surface area contributed by atoms with E-state index in [4.69, 9.17) is 16.6 Å². The number of piperidine rings is 1. The molecular weight excluding hydrogens is 416 g/mol. The van der Waals surface area contributed by atoms with E-state index in [-0.39, 0.29) is 5.41 Å². The molecule has 32 heavy (non-hydrogen) atoms. The average molecular weight is 449 g/mol. The fourth-order valence-electron chi connectivity index (χ4n) is 4.92. The third kappa shape index (κ3) is 4.31. The molecule has 1 saturated heterocycles. The lowest BCUT2D eigenvalue weighted by Gasteiger charge is -2.22. The quantitative estimate of drug-likeness (QED) is 0.348. The molecule has 0 saturated carbocycles. The van der Waals surface area contributed by atoms with Crippen LogP contribution < -0.4 is 5.32 Å². The van der Waals surface area contributed by atoms with Crippen molar-refractivity contribution in [1.82, 2.24) is 19.9 Å². The van der Waals surface area contributed by atoms with Crippen molar-refractivity contribution in [3.8, 4) is 11.4 Å².